The van der Waals surface area contributed by atoms with Gasteiger partial charge < -0.3 is 34.1 Å². The first-order valence-electron chi connectivity index (χ1n) is 22.1. The molecule has 2 bridgehead atoms. The maximum Gasteiger partial charge on any atom is 0.344 e. The number of carbonyl (C=O) groups is 4. The van der Waals surface area contributed by atoms with Gasteiger partial charge in [-0.1, -0.05) is 55.1 Å². The van der Waals surface area contributed by atoms with Crippen molar-refractivity contribution < 1.29 is 48.3 Å². The quantitative estimate of drug-likeness (QED) is 0.130. The second-order valence-electron chi connectivity index (χ2n) is 19.2. The van der Waals surface area contributed by atoms with Crippen LogP contribution in [0.1, 0.15) is 75.2 Å². The molecule has 9 rings (SSSR count). The summed E-state index contributed by atoms with van der Waals surface area (Å²) in [5, 5.41) is 25.4. The van der Waals surface area contributed by atoms with E-state index in [4.69, 9.17) is 18.9 Å². The van der Waals surface area contributed by atoms with E-state index in [2.05, 4.69) is 34.1 Å². The normalized spacial score (nSPS) is 40.7. The molecule has 12 atom stereocenters. The van der Waals surface area contributed by atoms with Gasteiger partial charge in [0.25, 0.3) is 0 Å². The Hall–Kier alpha value is -4.08. The number of hydrogen-bond acceptors (Lipinski definition) is 13. The van der Waals surface area contributed by atoms with Gasteiger partial charge in [0.05, 0.1) is 37.4 Å². The van der Waals surface area contributed by atoms with Crippen LogP contribution in [-0.2, 0) is 33.3 Å². The summed E-state index contributed by atoms with van der Waals surface area (Å²) < 4.78 is 24.2. The first kappa shape index (κ1) is 42.2. The summed E-state index contributed by atoms with van der Waals surface area (Å²) in [6, 6.07) is 4.56. The third-order valence-corrected chi connectivity index (χ3v) is 16.6. The maximum absolute atomic E-state index is 15.5. The molecular weight excluding hydrogens is 777 g/mol. The van der Waals surface area contributed by atoms with Crippen molar-refractivity contribution in [2.45, 2.75) is 94.8 Å². The number of rotatable bonds is 8. The molecule has 4 fully saturated rings. The van der Waals surface area contributed by atoms with E-state index in [1.807, 2.05) is 44.0 Å². The van der Waals surface area contributed by atoms with Gasteiger partial charge >= 0.3 is 17.9 Å². The lowest BCUT2D eigenvalue weighted by Crippen LogP contribution is -2.79. The second kappa shape index (κ2) is 14.8. The van der Waals surface area contributed by atoms with Crippen LogP contribution in [0.25, 0.3) is 5.57 Å². The summed E-state index contributed by atoms with van der Waals surface area (Å²) in [5.41, 5.74) is -0.170. The Morgan fingerprint density at radius 1 is 1.00 bits per heavy atom. The molecule has 1 saturated carbocycles. The summed E-state index contributed by atoms with van der Waals surface area (Å²) >= 11 is 0. The first-order chi connectivity index (χ1) is 29.2. The van der Waals surface area contributed by atoms with Crippen molar-refractivity contribution in [2.75, 3.05) is 61.1 Å². The number of nitrogens with zero attached hydrogens (tertiary/aromatic N) is 3. The Morgan fingerprint density at radius 3 is 2.44 bits per heavy atom. The number of aldehydes is 1. The molecule has 2 N–H and O–H groups in total. The molecule has 6 aliphatic heterocycles. The zero-order valence-corrected chi connectivity index (χ0v) is 36.6. The highest BCUT2D eigenvalue weighted by atomic mass is 16.6. The number of ether oxygens (including phenoxy) is 4. The third kappa shape index (κ3) is 5.63. The summed E-state index contributed by atoms with van der Waals surface area (Å²) in [6.07, 6.45) is 10.4. The molecule has 1 spiro atoms. The van der Waals surface area contributed by atoms with Gasteiger partial charge in [0.2, 0.25) is 5.60 Å². The van der Waals surface area contributed by atoms with Gasteiger partial charge in [0, 0.05) is 81.3 Å². The number of hydrogen-bond donors (Lipinski definition) is 2. The van der Waals surface area contributed by atoms with Gasteiger partial charge in [-0.05, 0) is 79.8 Å². The van der Waals surface area contributed by atoms with Crippen LogP contribution < -0.4 is 5.46 Å². The highest BCUT2D eigenvalue weighted by Gasteiger charge is 2.81. The monoisotopic (exact) mass is 837 g/mol. The average molecular weight is 838 g/mol. The van der Waals surface area contributed by atoms with Gasteiger partial charge in [-0.2, -0.15) is 0 Å². The van der Waals surface area contributed by atoms with Crippen molar-refractivity contribution in [3.8, 4) is 0 Å². The standard InChI is InChI=1S/C47H60BN3O10/c1-8-43(56)22-29-23-46(41(54)59-6,37-30(13-17-50(24-29)26-43)31-19-28(25-52)11-12-34(31)48-37)33-20-32-35(21-36(33)58-5)49(4)39-45(32)15-18-51-16-10-14-44(9-2,38(45)51)40(61-27(3)53)47(39,57)42(55)60-7/h10-12,14,19-21,25,29,33,36,38-40,48,56-57H,8-9,13,15-18,22-24,26H2,1-7H3/t29-,33?,36?,38+,39-,40-,43+,44-,45-,46+,47+/m1/s1. The van der Waals surface area contributed by atoms with E-state index in [-0.39, 0.29) is 17.9 Å². The van der Waals surface area contributed by atoms with Crippen LogP contribution in [0, 0.1) is 28.1 Å². The Labute approximate surface area is 359 Å². The largest absolute Gasteiger partial charge is 0.468 e. The van der Waals surface area contributed by atoms with Crippen LogP contribution in [0.15, 0.2) is 59.2 Å². The molecule has 14 heteroatoms. The lowest BCUT2D eigenvalue weighted by molar-refractivity contribution is -0.243. The molecule has 0 radical (unpaired) electrons. The molecule has 3 saturated heterocycles. The van der Waals surface area contributed by atoms with Gasteiger partial charge in [-0.25, -0.2) is 4.79 Å². The number of piperidine rings is 1. The summed E-state index contributed by atoms with van der Waals surface area (Å²) in [5.74, 6) is -2.58. The van der Waals surface area contributed by atoms with Crippen molar-refractivity contribution in [3.63, 3.8) is 0 Å². The predicted octanol–water partition coefficient (Wildman–Crippen LogP) is 2.35. The smallest absolute Gasteiger partial charge is 0.344 e. The van der Waals surface area contributed by atoms with E-state index < -0.39 is 63.6 Å². The minimum absolute atomic E-state index is 0.0841. The fraction of sp³-hybridized carbons (Fsp3) is 0.617. The Balaban J connectivity index is 1.32. The van der Waals surface area contributed by atoms with E-state index >= 15 is 4.79 Å². The summed E-state index contributed by atoms with van der Waals surface area (Å²) in [6.45, 7) is 8.55. The van der Waals surface area contributed by atoms with Crippen LogP contribution >= 0.6 is 0 Å². The van der Waals surface area contributed by atoms with Crippen LogP contribution in [0.3, 0.4) is 0 Å². The molecule has 1 aromatic carbocycles. The first-order valence-corrected chi connectivity index (χ1v) is 22.1. The minimum atomic E-state index is -2.30. The topological polar surface area (TPSA) is 155 Å². The van der Waals surface area contributed by atoms with Crippen LogP contribution in [-0.4, -0.2) is 153 Å². The molecule has 6 heterocycles. The zero-order chi connectivity index (χ0) is 43.4. The fourth-order valence-electron chi connectivity index (χ4n) is 14.5. The number of likely N-dealkylation sites (N-methyl/N-ethyl adjacent to an activating group) is 1. The lowest BCUT2D eigenvalue weighted by atomic mass is 9.46. The number of esters is 3. The van der Waals surface area contributed by atoms with Crippen molar-refractivity contribution in [1.29, 1.82) is 0 Å². The number of benzene rings is 1. The highest BCUT2D eigenvalue weighted by molar-refractivity contribution is 6.67. The number of likely N-dealkylation sites (tertiary alicyclic amines) is 1. The molecule has 0 aromatic heterocycles. The van der Waals surface area contributed by atoms with Crippen molar-refractivity contribution in [3.05, 3.63) is 70.4 Å². The van der Waals surface area contributed by atoms with Crippen molar-refractivity contribution in [1.82, 2.24) is 14.7 Å². The van der Waals surface area contributed by atoms with Crippen molar-refractivity contribution >= 4 is 42.5 Å². The van der Waals surface area contributed by atoms with Gasteiger partial charge in [-0.15, -0.1) is 0 Å². The van der Waals surface area contributed by atoms with Crippen LogP contribution in [0.5, 0.6) is 0 Å². The molecule has 0 amide bonds. The molecule has 13 nitrogen and oxygen atoms in total. The molecule has 1 aromatic rings. The zero-order valence-electron chi connectivity index (χ0n) is 36.6. The highest BCUT2D eigenvalue weighted by Crippen LogP contribution is 2.70. The predicted molar refractivity (Wildman–Crippen MR) is 228 cm³/mol. The van der Waals surface area contributed by atoms with E-state index in [0.717, 1.165) is 39.6 Å². The Kier molecular flexibility index (Phi) is 10.2. The van der Waals surface area contributed by atoms with Gasteiger partial charge in [-0.3, -0.25) is 24.2 Å². The van der Waals surface area contributed by atoms with Crippen molar-refractivity contribution in [2.24, 2.45) is 28.1 Å². The summed E-state index contributed by atoms with van der Waals surface area (Å²) in [4.78, 5) is 61.8. The average Bonchev–Trinajstić information content (AvgIpc) is 3.92. The Bertz CT molecular complexity index is 2190. The molecule has 2 aliphatic carbocycles. The summed E-state index contributed by atoms with van der Waals surface area (Å²) in [7, 11) is 6.71. The van der Waals surface area contributed by atoms with Gasteiger partial charge in [0.15, 0.2) is 13.4 Å². The number of methoxy groups -OCH3 is 3. The van der Waals surface area contributed by atoms with E-state index in [1.165, 1.54) is 21.1 Å². The molecule has 61 heavy (non-hydrogen) atoms. The van der Waals surface area contributed by atoms with E-state index in [9.17, 15) is 24.6 Å². The molecule has 3 unspecified atom stereocenters. The van der Waals surface area contributed by atoms with Gasteiger partial charge in [0.1, 0.15) is 6.29 Å². The van der Waals surface area contributed by atoms with Crippen LogP contribution in [0.2, 0.25) is 0 Å². The Morgan fingerprint density at radius 2 is 1.77 bits per heavy atom. The number of fused-ring (bicyclic) bond motifs is 5. The number of aliphatic hydroxyl groups is 2. The molecule has 326 valence electrons. The minimum Gasteiger partial charge on any atom is -0.468 e. The second-order valence-corrected chi connectivity index (χ2v) is 19.2. The fourth-order valence-corrected chi connectivity index (χ4v) is 14.5. The molecule has 8 aliphatic rings. The maximum atomic E-state index is 15.5. The van der Waals surface area contributed by atoms with E-state index in [0.29, 0.717) is 84.1 Å². The SMILES string of the molecule is CC[C@]1(O)C[C@H]2CN(CCC3=C(Bc4ccc(C=O)cc43)[C@@](C(=O)OC)(C3C=C4C(=CC3OC)N(C)[C@H]3[C@@](O)(C(=O)OC)[C@H](OC(C)=O)[C@]5(CC)C=CCN6CC[C@]43[C@@H]65)C2)C1. The van der Waals surface area contributed by atoms with Crippen LogP contribution in [0.4, 0.5) is 0 Å². The molecular formula is C47H60BN3O10. The van der Waals surface area contributed by atoms with E-state index in [1.54, 1.807) is 7.11 Å². The number of allylic oxidation sites excluding steroid dienone is 1. The number of carbonyl (C=O) groups excluding carboxylic acids is 4. The third-order valence-electron chi connectivity index (χ3n) is 16.6. The lowest BCUT2D eigenvalue weighted by Gasteiger charge is -2.63.